The van der Waals surface area contributed by atoms with Gasteiger partial charge >= 0.3 is 0 Å². The number of rotatable bonds is 8. The molecule has 0 radical (unpaired) electrons. The highest BCUT2D eigenvalue weighted by Gasteiger charge is 2.26. The van der Waals surface area contributed by atoms with Gasteiger partial charge in [-0.1, -0.05) is 60.8 Å². The maximum absolute atomic E-state index is 13.2. The third kappa shape index (κ3) is 8.33. The van der Waals surface area contributed by atoms with Crippen LogP contribution in [0.25, 0.3) is 11.3 Å². The van der Waals surface area contributed by atoms with Crippen LogP contribution in [0.4, 0.5) is 0 Å². The van der Waals surface area contributed by atoms with Crippen LogP contribution in [0.1, 0.15) is 109 Å². The molecule has 2 heterocycles. The Labute approximate surface area is 224 Å². The molecule has 0 aliphatic heterocycles. The van der Waals surface area contributed by atoms with E-state index in [1.807, 2.05) is 19.1 Å². The maximum atomic E-state index is 13.2. The minimum atomic E-state index is -0.969. The highest BCUT2D eigenvalue weighted by molar-refractivity contribution is 5.97. The summed E-state index contributed by atoms with van der Waals surface area (Å²) < 4.78 is 8.52. The van der Waals surface area contributed by atoms with Crippen LogP contribution in [-0.2, 0) is 12.0 Å². The highest BCUT2D eigenvalue weighted by atomic mass is 16.5. The normalized spacial score (nSPS) is 15.6. The van der Waals surface area contributed by atoms with Gasteiger partial charge in [-0.2, -0.15) is 0 Å². The van der Waals surface area contributed by atoms with Crippen molar-refractivity contribution in [1.29, 1.82) is 0 Å². The summed E-state index contributed by atoms with van der Waals surface area (Å²) in [5.74, 6) is 1.07. The minimum Gasteiger partial charge on any atom is -0.477 e. The van der Waals surface area contributed by atoms with Crippen LogP contribution in [0, 0.1) is 18.3 Å². The number of nitrogens with zero attached hydrogens (tertiary/aromatic N) is 2. The van der Waals surface area contributed by atoms with Crippen molar-refractivity contribution in [3.05, 3.63) is 35.2 Å². The molecule has 6 nitrogen and oxygen atoms in total. The Morgan fingerprint density at radius 2 is 1.70 bits per heavy atom. The second-order valence-corrected chi connectivity index (χ2v) is 13.8. The topological polar surface area (TPSA) is 76.4 Å². The third-order valence-corrected chi connectivity index (χ3v) is 6.98. The quantitative estimate of drug-likeness (QED) is 0.415. The SMILES string of the molecule is Cc1c(C(=O)NCC(C)(C)O)cc(-c2cc(OCC(C)(C)C)nc(C(C)(C)C)c2)n1CC1CCCCC1. The Balaban J connectivity index is 2.09. The number of carbonyl (C=O) groups excluding carboxylic acids is 1. The summed E-state index contributed by atoms with van der Waals surface area (Å²) in [5.41, 5.74) is 3.51. The average molecular weight is 512 g/mol. The standard InChI is InChI=1S/C31H49N3O3/c1-21-24(28(35)32-19-31(8,9)36)17-25(34(21)18-22-13-11-10-12-14-22)23-15-26(30(5,6)7)33-27(16-23)37-20-29(2,3)4/h15-17,22,36H,10-14,18-20H2,1-9H3,(H,32,35). The molecule has 6 heteroatoms. The van der Waals surface area contributed by atoms with E-state index >= 15 is 0 Å². The van der Waals surface area contributed by atoms with E-state index in [1.165, 1.54) is 32.1 Å². The second kappa shape index (κ2) is 11.2. The first kappa shape index (κ1) is 29.2. The molecule has 2 N–H and O–H groups in total. The van der Waals surface area contributed by atoms with Crippen molar-refractivity contribution >= 4 is 5.91 Å². The molecule has 1 amide bonds. The summed E-state index contributed by atoms with van der Waals surface area (Å²) >= 11 is 0. The molecule has 206 valence electrons. The Morgan fingerprint density at radius 3 is 2.27 bits per heavy atom. The Kier molecular flexibility index (Phi) is 8.83. The van der Waals surface area contributed by atoms with Crippen LogP contribution < -0.4 is 10.1 Å². The number of amides is 1. The van der Waals surface area contributed by atoms with Gasteiger partial charge in [0.2, 0.25) is 5.88 Å². The molecule has 2 aromatic heterocycles. The molecule has 0 aromatic carbocycles. The Morgan fingerprint density at radius 1 is 1.05 bits per heavy atom. The van der Waals surface area contributed by atoms with E-state index in [9.17, 15) is 9.90 Å². The zero-order chi connectivity index (χ0) is 27.6. The first-order valence-corrected chi connectivity index (χ1v) is 13.9. The van der Waals surface area contributed by atoms with Gasteiger partial charge < -0.3 is 19.7 Å². The molecule has 0 atom stereocenters. The lowest BCUT2D eigenvalue weighted by Gasteiger charge is -2.25. The molecule has 2 aromatic rings. The highest BCUT2D eigenvalue weighted by Crippen LogP contribution is 2.35. The molecular formula is C31H49N3O3. The van der Waals surface area contributed by atoms with Crippen LogP contribution in [0.5, 0.6) is 5.88 Å². The van der Waals surface area contributed by atoms with Gasteiger partial charge in [0.05, 0.1) is 23.5 Å². The summed E-state index contributed by atoms with van der Waals surface area (Å²) in [4.78, 5) is 18.1. The third-order valence-electron chi connectivity index (χ3n) is 6.98. The second-order valence-electron chi connectivity index (χ2n) is 13.8. The number of carbonyl (C=O) groups is 1. The van der Waals surface area contributed by atoms with E-state index in [1.54, 1.807) is 13.8 Å². The molecule has 3 rings (SSSR count). The zero-order valence-electron chi connectivity index (χ0n) is 24.6. The fourth-order valence-electron chi connectivity index (χ4n) is 4.77. The molecule has 1 aliphatic rings. The van der Waals surface area contributed by atoms with Crippen molar-refractivity contribution in [2.24, 2.45) is 11.3 Å². The zero-order valence-corrected chi connectivity index (χ0v) is 24.6. The van der Waals surface area contributed by atoms with E-state index < -0.39 is 5.60 Å². The number of ether oxygens (including phenoxy) is 1. The molecule has 1 fully saturated rings. The maximum Gasteiger partial charge on any atom is 0.253 e. The van der Waals surface area contributed by atoms with Gasteiger partial charge in [-0.05, 0) is 57.1 Å². The summed E-state index contributed by atoms with van der Waals surface area (Å²) in [6.45, 7) is 20.0. The average Bonchev–Trinajstić information content (AvgIpc) is 3.11. The van der Waals surface area contributed by atoms with Crippen LogP contribution in [0.3, 0.4) is 0 Å². The monoisotopic (exact) mass is 511 g/mol. The van der Waals surface area contributed by atoms with Crippen molar-refractivity contribution in [3.8, 4) is 17.1 Å². The van der Waals surface area contributed by atoms with Crippen LogP contribution >= 0.6 is 0 Å². The van der Waals surface area contributed by atoms with Crippen molar-refractivity contribution < 1.29 is 14.6 Å². The fourth-order valence-corrected chi connectivity index (χ4v) is 4.77. The largest absolute Gasteiger partial charge is 0.477 e. The van der Waals surface area contributed by atoms with E-state index in [-0.39, 0.29) is 23.3 Å². The summed E-state index contributed by atoms with van der Waals surface area (Å²) in [6, 6.07) is 6.17. The predicted octanol–water partition coefficient (Wildman–Crippen LogP) is 6.66. The number of hydrogen-bond donors (Lipinski definition) is 2. The molecule has 0 spiro atoms. The number of pyridine rings is 1. The minimum absolute atomic E-state index is 0.0170. The van der Waals surface area contributed by atoms with E-state index in [4.69, 9.17) is 9.72 Å². The van der Waals surface area contributed by atoms with E-state index in [0.717, 1.165) is 29.2 Å². The molecule has 0 bridgehead atoms. The Bertz CT molecular complexity index is 1070. The smallest absolute Gasteiger partial charge is 0.253 e. The first-order chi connectivity index (χ1) is 17.0. The number of hydrogen-bond acceptors (Lipinski definition) is 4. The van der Waals surface area contributed by atoms with Gasteiger partial charge in [0.1, 0.15) is 0 Å². The van der Waals surface area contributed by atoms with Crippen LogP contribution in [-0.4, -0.2) is 39.3 Å². The van der Waals surface area contributed by atoms with E-state index in [2.05, 4.69) is 57.5 Å². The number of aromatic nitrogens is 2. The lowest BCUT2D eigenvalue weighted by atomic mass is 9.89. The molecule has 0 saturated heterocycles. The summed E-state index contributed by atoms with van der Waals surface area (Å²) in [5, 5.41) is 13.1. The number of nitrogens with one attached hydrogen (secondary N) is 1. The lowest BCUT2D eigenvalue weighted by Crippen LogP contribution is -2.38. The number of aliphatic hydroxyl groups is 1. The van der Waals surface area contributed by atoms with Gasteiger partial charge in [-0.15, -0.1) is 0 Å². The van der Waals surface area contributed by atoms with Crippen molar-refractivity contribution in [3.63, 3.8) is 0 Å². The molecule has 0 unspecified atom stereocenters. The molecule has 37 heavy (non-hydrogen) atoms. The van der Waals surface area contributed by atoms with Crippen molar-refractivity contribution in [2.75, 3.05) is 13.2 Å². The van der Waals surface area contributed by atoms with Crippen LogP contribution in [0.15, 0.2) is 18.2 Å². The van der Waals surface area contributed by atoms with Gasteiger partial charge in [0, 0.05) is 41.5 Å². The van der Waals surface area contributed by atoms with Gasteiger partial charge in [0.25, 0.3) is 5.91 Å². The molecule has 1 saturated carbocycles. The first-order valence-electron chi connectivity index (χ1n) is 13.9. The lowest BCUT2D eigenvalue weighted by molar-refractivity contribution is 0.0694. The van der Waals surface area contributed by atoms with Crippen molar-refractivity contribution in [2.45, 2.75) is 112 Å². The molecular weight excluding hydrogens is 462 g/mol. The van der Waals surface area contributed by atoms with Gasteiger partial charge in [0.15, 0.2) is 0 Å². The fraction of sp³-hybridized carbons (Fsp3) is 0.677. The van der Waals surface area contributed by atoms with Crippen LogP contribution in [0.2, 0.25) is 0 Å². The van der Waals surface area contributed by atoms with Gasteiger partial charge in [-0.3, -0.25) is 4.79 Å². The summed E-state index contributed by atoms with van der Waals surface area (Å²) in [6.07, 6.45) is 6.30. The van der Waals surface area contributed by atoms with E-state index in [0.29, 0.717) is 24.0 Å². The Hall–Kier alpha value is -2.34. The van der Waals surface area contributed by atoms with Crippen molar-refractivity contribution in [1.82, 2.24) is 14.9 Å². The van der Waals surface area contributed by atoms with Gasteiger partial charge in [-0.25, -0.2) is 4.98 Å². The summed E-state index contributed by atoms with van der Waals surface area (Å²) in [7, 11) is 0. The molecule has 1 aliphatic carbocycles. The predicted molar refractivity (Wildman–Crippen MR) is 151 cm³/mol.